The number of aromatic nitrogens is 2. The van der Waals surface area contributed by atoms with Crippen LogP contribution in [0.2, 0.25) is 0 Å². The van der Waals surface area contributed by atoms with Gasteiger partial charge in [0.25, 0.3) is 0 Å². The first kappa shape index (κ1) is 24.3. The molecule has 194 valence electrons. The first-order valence-corrected chi connectivity index (χ1v) is 16.6. The lowest BCUT2D eigenvalue weighted by Gasteiger charge is -2.24. The van der Waals surface area contributed by atoms with E-state index in [1.54, 1.807) is 0 Å². The summed E-state index contributed by atoms with van der Waals surface area (Å²) in [5, 5.41) is 7.21. The van der Waals surface area contributed by atoms with E-state index in [0.29, 0.717) is 0 Å². The largest absolute Gasteiger partial charge is 0.292 e. The Kier molecular flexibility index (Phi) is 5.63. The highest BCUT2D eigenvalue weighted by atomic mass is 32.4. The minimum atomic E-state index is -2.18. The molecule has 0 aliphatic rings. The van der Waals surface area contributed by atoms with Crippen LogP contribution in [-0.2, 0) is 11.8 Å². The molecule has 0 bridgehead atoms. The number of pyridine rings is 1. The Balaban J connectivity index is 1.31. The summed E-state index contributed by atoms with van der Waals surface area (Å²) in [4.78, 5) is 5.10. The van der Waals surface area contributed by atoms with Gasteiger partial charge >= 0.3 is 0 Å². The van der Waals surface area contributed by atoms with Gasteiger partial charge in [-0.05, 0) is 56.7 Å². The molecule has 0 N–H and O–H groups in total. The van der Waals surface area contributed by atoms with Gasteiger partial charge in [0.1, 0.15) is 5.65 Å². The van der Waals surface area contributed by atoms with Gasteiger partial charge in [-0.3, -0.25) is 4.40 Å². The summed E-state index contributed by atoms with van der Waals surface area (Å²) in [7, 11) is 0. The van der Waals surface area contributed by atoms with Gasteiger partial charge < -0.3 is 0 Å². The molecular weight excluding hydrogens is 535 g/mol. The maximum Gasteiger partial charge on any atom is 0.146 e. The van der Waals surface area contributed by atoms with Crippen LogP contribution in [0.15, 0.2) is 152 Å². The average molecular weight is 561 g/mol. The maximum absolute atomic E-state index is 6.55. The molecule has 8 aromatic rings. The monoisotopic (exact) mass is 560 g/mol. The number of nitrogens with zero attached hydrogens (tertiary/aromatic N) is 2. The minimum absolute atomic E-state index is 0.988. The second-order valence-corrected chi connectivity index (χ2v) is 14.8. The first-order valence-electron chi connectivity index (χ1n) is 13.8. The molecule has 2 nitrogen and oxygen atoms in total. The van der Waals surface area contributed by atoms with Gasteiger partial charge in [-0.2, -0.15) is 0 Å². The zero-order chi connectivity index (χ0) is 27.4. The van der Waals surface area contributed by atoms with E-state index in [-0.39, 0.29) is 0 Å². The third-order valence-electron chi connectivity index (χ3n) is 8.06. The van der Waals surface area contributed by atoms with E-state index in [0.717, 1.165) is 22.1 Å². The van der Waals surface area contributed by atoms with Crippen LogP contribution in [0.5, 0.6) is 0 Å². The van der Waals surface area contributed by atoms with Crippen LogP contribution in [-0.4, -0.2) is 9.38 Å². The predicted molar refractivity (Wildman–Crippen MR) is 179 cm³/mol. The summed E-state index contributed by atoms with van der Waals surface area (Å²) < 4.78 is 2.30. The fraction of sp³-hybridized carbons (Fsp3) is 0. The molecule has 2 heterocycles. The molecule has 0 radical (unpaired) electrons. The number of imidazole rings is 1. The van der Waals surface area contributed by atoms with Crippen molar-refractivity contribution in [2.75, 3.05) is 0 Å². The molecule has 0 saturated carbocycles. The van der Waals surface area contributed by atoms with Crippen molar-refractivity contribution in [3.8, 4) is 11.1 Å². The van der Waals surface area contributed by atoms with E-state index in [1.165, 1.54) is 43.3 Å². The van der Waals surface area contributed by atoms with Crippen molar-refractivity contribution in [1.29, 1.82) is 0 Å². The van der Waals surface area contributed by atoms with E-state index in [4.69, 9.17) is 16.8 Å². The third-order valence-corrected chi connectivity index (χ3v) is 13.0. The zero-order valence-corrected chi connectivity index (χ0v) is 23.9. The van der Waals surface area contributed by atoms with E-state index < -0.39 is 6.04 Å². The molecule has 0 spiro atoms. The summed E-state index contributed by atoms with van der Waals surface area (Å²) in [5.74, 6) is 0. The summed E-state index contributed by atoms with van der Waals surface area (Å²) in [6, 6.07) is 51.7. The van der Waals surface area contributed by atoms with E-state index in [9.17, 15) is 0 Å². The number of benzene rings is 6. The topological polar surface area (TPSA) is 17.3 Å². The van der Waals surface area contributed by atoms with Gasteiger partial charge in [-0.1, -0.05) is 139 Å². The second-order valence-electron chi connectivity index (χ2n) is 10.4. The van der Waals surface area contributed by atoms with Gasteiger partial charge in [0, 0.05) is 16.8 Å². The molecule has 0 unspecified atom stereocenters. The zero-order valence-electron chi connectivity index (χ0n) is 22.2. The molecule has 2 aromatic heterocycles. The molecule has 0 atom stereocenters. The quantitative estimate of drug-likeness (QED) is 0.159. The van der Waals surface area contributed by atoms with Crippen LogP contribution in [0.25, 0.3) is 49.5 Å². The first-order chi connectivity index (χ1) is 20.2. The van der Waals surface area contributed by atoms with Crippen molar-refractivity contribution >= 4 is 72.1 Å². The lowest BCUT2D eigenvalue weighted by atomic mass is 9.99. The Labute approximate surface area is 243 Å². The van der Waals surface area contributed by atoms with Crippen molar-refractivity contribution < 1.29 is 0 Å². The Morgan fingerprint density at radius 1 is 0.463 bits per heavy atom. The van der Waals surface area contributed by atoms with Gasteiger partial charge in [0.15, 0.2) is 0 Å². The van der Waals surface area contributed by atoms with Crippen molar-refractivity contribution in [2.24, 2.45) is 0 Å². The van der Waals surface area contributed by atoms with E-state index in [1.807, 2.05) is 0 Å². The number of hydrogen-bond donors (Lipinski definition) is 0. The van der Waals surface area contributed by atoms with E-state index in [2.05, 4.69) is 156 Å². The highest BCUT2D eigenvalue weighted by Crippen LogP contribution is 2.43. The normalized spacial score (nSPS) is 12.0. The van der Waals surface area contributed by atoms with Crippen LogP contribution in [0.1, 0.15) is 0 Å². The van der Waals surface area contributed by atoms with Crippen LogP contribution in [0, 0.1) is 0 Å². The van der Waals surface area contributed by atoms with Gasteiger partial charge in [-0.15, -0.1) is 0 Å². The molecule has 0 amide bonds. The maximum atomic E-state index is 6.55. The smallest absolute Gasteiger partial charge is 0.146 e. The molecular formula is C37H25N2PS. The van der Waals surface area contributed by atoms with Crippen molar-refractivity contribution in [3.05, 3.63) is 152 Å². The lowest BCUT2D eigenvalue weighted by molar-refractivity contribution is 1.31. The molecule has 0 aliphatic heterocycles. The Hall–Kier alpha value is -4.56. The van der Waals surface area contributed by atoms with Crippen LogP contribution in [0.4, 0.5) is 0 Å². The minimum Gasteiger partial charge on any atom is -0.292 e. The molecule has 4 heteroatoms. The second kappa shape index (κ2) is 9.52. The van der Waals surface area contributed by atoms with Gasteiger partial charge in [0.2, 0.25) is 0 Å². The Morgan fingerprint density at radius 3 is 1.73 bits per heavy atom. The fourth-order valence-electron chi connectivity index (χ4n) is 6.08. The molecule has 0 aliphatic carbocycles. The van der Waals surface area contributed by atoms with Crippen LogP contribution >= 0.6 is 6.04 Å². The molecule has 6 aromatic carbocycles. The average Bonchev–Trinajstić information content (AvgIpc) is 3.45. The van der Waals surface area contributed by atoms with Gasteiger partial charge in [-0.25, -0.2) is 4.98 Å². The lowest BCUT2D eigenvalue weighted by Crippen LogP contribution is -2.24. The van der Waals surface area contributed by atoms with Crippen molar-refractivity contribution in [3.63, 3.8) is 0 Å². The van der Waals surface area contributed by atoms with Gasteiger partial charge in [0.05, 0.1) is 16.6 Å². The van der Waals surface area contributed by atoms with Crippen molar-refractivity contribution in [1.82, 2.24) is 9.38 Å². The molecule has 41 heavy (non-hydrogen) atoms. The number of rotatable bonds is 4. The fourth-order valence-corrected chi connectivity index (χ4v) is 9.82. The molecule has 8 rings (SSSR count). The predicted octanol–water partition coefficient (Wildman–Crippen LogP) is 8.22. The SMILES string of the molecule is S=P(c1ccccc1)(c1ccccc1)c1ccc(-c2ccc3c4ccccc4n4c5ccccc5nc4c3c2)cc1. The summed E-state index contributed by atoms with van der Waals surface area (Å²) in [5.41, 5.74) is 6.63. The van der Waals surface area contributed by atoms with Crippen LogP contribution in [0.3, 0.4) is 0 Å². The molecule has 0 fully saturated rings. The summed E-state index contributed by atoms with van der Waals surface area (Å²) >= 11 is 6.55. The highest BCUT2D eigenvalue weighted by Gasteiger charge is 2.24. The summed E-state index contributed by atoms with van der Waals surface area (Å²) in [6.45, 7) is 0. The van der Waals surface area contributed by atoms with Crippen LogP contribution < -0.4 is 15.9 Å². The Morgan fingerprint density at radius 2 is 1.02 bits per heavy atom. The van der Waals surface area contributed by atoms with E-state index >= 15 is 0 Å². The third kappa shape index (κ3) is 3.78. The standard InChI is InChI=1S/C37H25N2PS/c41-40(28-11-3-1-4-12-28,29-13-5-2-6-14-29)30-22-19-26(20-23-30)27-21-24-31-32-15-7-9-17-35(32)39-36-18-10-8-16-34(36)38-37(39)33(31)25-27/h1-25H. The molecule has 0 saturated heterocycles. The Bertz CT molecular complexity index is 2230. The van der Waals surface area contributed by atoms with Crippen molar-refractivity contribution in [2.45, 2.75) is 0 Å². The summed E-state index contributed by atoms with van der Waals surface area (Å²) in [6.07, 6.45) is 0. The number of fused-ring (bicyclic) bond motifs is 8. The number of para-hydroxylation sites is 3. The number of hydrogen-bond acceptors (Lipinski definition) is 2. The highest BCUT2D eigenvalue weighted by molar-refractivity contribution is 8.25.